The molecule has 1 N–H and O–H groups in total. The Bertz CT molecular complexity index is 917. The summed E-state index contributed by atoms with van der Waals surface area (Å²) in [6.07, 6.45) is 1.94. The Hall–Kier alpha value is -2.36. The summed E-state index contributed by atoms with van der Waals surface area (Å²) in [6.45, 7) is 1.25. The van der Waals surface area contributed by atoms with Gasteiger partial charge in [-0.3, -0.25) is 0 Å². The predicted molar refractivity (Wildman–Crippen MR) is 98.8 cm³/mol. The first-order valence-electron chi connectivity index (χ1n) is 8.04. The zero-order valence-corrected chi connectivity index (χ0v) is 15.5. The van der Waals surface area contributed by atoms with Crippen molar-refractivity contribution in [2.24, 2.45) is 17.3 Å². The third-order valence-electron chi connectivity index (χ3n) is 5.28. The minimum Gasteiger partial charge on any atom is -0.305 e. The Morgan fingerprint density at radius 3 is 2.46 bits per heavy atom. The average molecular weight is 384 g/mol. The van der Waals surface area contributed by atoms with Gasteiger partial charge in [-0.15, -0.1) is 0 Å². The van der Waals surface area contributed by atoms with Crippen LogP contribution in [0.5, 0.6) is 0 Å². The molecule has 5 nitrogen and oxygen atoms in total. The number of hydrogen-bond acceptors (Lipinski definition) is 5. The van der Waals surface area contributed by atoms with E-state index < -0.39 is 17.3 Å². The van der Waals surface area contributed by atoms with Crippen molar-refractivity contribution in [2.45, 2.75) is 5.92 Å². The molecule has 3 atom stereocenters. The van der Waals surface area contributed by atoms with E-state index in [9.17, 15) is 15.8 Å². The highest BCUT2D eigenvalue weighted by molar-refractivity contribution is 6.42. The molecule has 0 saturated heterocycles. The lowest BCUT2D eigenvalue weighted by molar-refractivity contribution is 0.235. The second-order valence-corrected chi connectivity index (χ2v) is 7.50. The SMILES string of the molecule is CN1CC=C2C(C#N)C(=N)C(C#N)(C#N)[C@@H](c3ccc(Cl)c(Cl)c3)[C@@H]2C1. The summed E-state index contributed by atoms with van der Waals surface area (Å²) in [6, 6.07) is 11.3. The maximum atomic E-state index is 9.92. The highest BCUT2D eigenvalue weighted by Crippen LogP contribution is 2.53. The van der Waals surface area contributed by atoms with Crippen molar-refractivity contribution in [3.63, 3.8) is 0 Å². The fourth-order valence-electron chi connectivity index (χ4n) is 4.03. The molecule has 1 unspecified atom stereocenters. The predicted octanol–water partition coefficient (Wildman–Crippen LogP) is 3.77. The number of halogens is 2. The van der Waals surface area contributed by atoms with Gasteiger partial charge in [0.2, 0.25) is 0 Å². The van der Waals surface area contributed by atoms with Crippen LogP contribution in [0.1, 0.15) is 11.5 Å². The number of hydrogen-bond donors (Lipinski definition) is 1. The molecule has 2 aliphatic rings. The molecule has 0 amide bonds. The van der Waals surface area contributed by atoms with Crippen molar-refractivity contribution in [1.82, 2.24) is 4.90 Å². The number of benzene rings is 1. The molecule has 1 heterocycles. The van der Waals surface area contributed by atoms with Gasteiger partial charge in [-0.2, -0.15) is 15.8 Å². The minimum atomic E-state index is -1.72. The first-order valence-corrected chi connectivity index (χ1v) is 8.79. The van der Waals surface area contributed by atoms with Crippen LogP contribution in [0, 0.1) is 56.7 Å². The van der Waals surface area contributed by atoms with Crippen molar-refractivity contribution < 1.29 is 0 Å². The number of nitriles is 3. The summed E-state index contributed by atoms with van der Waals surface area (Å²) < 4.78 is 0. The van der Waals surface area contributed by atoms with Crippen LogP contribution in [0.2, 0.25) is 10.0 Å². The van der Waals surface area contributed by atoms with Crippen molar-refractivity contribution in [3.05, 3.63) is 45.5 Å². The molecular weight excluding hydrogens is 369 g/mol. The van der Waals surface area contributed by atoms with Gasteiger partial charge < -0.3 is 10.3 Å². The van der Waals surface area contributed by atoms with Crippen molar-refractivity contribution in [2.75, 3.05) is 20.1 Å². The maximum absolute atomic E-state index is 9.92. The lowest BCUT2D eigenvalue weighted by Crippen LogP contribution is -2.52. The van der Waals surface area contributed by atoms with Crippen LogP contribution in [-0.4, -0.2) is 30.7 Å². The Labute approximate surface area is 162 Å². The highest BCUT2D eigenvalue weighted by atomic mass is 35.5. The standard InChI is InChI=1S/C19H15Cl2N5/c1-26-5-4-12-13(7-22)18(25)19(9-23,10-24)17(14(12)8-26)11-2-3-15(20)16(21)6-11/h2-4,6,13-14,17,25H,5,8H2,1H3/t13?,14-,17+/m1/s1. The molecule has 7 heteroatoms. The third kappa shape index (κ3) is 2.59. The quantitative estimate of drug-likeness (QED) is 0.745. The van der Waals surface area contributed by atoms with Gasteiger partial charge in [-0.1, -0.05) is 35.3 Å². The highest BCUT2D eigenvalue weighted by Gasteiger charge is 2.57. The maximum Gasteiger partial charge on any atom is 0.189 e. The summed E-state index contributed by atoms with van der Waals surface area (Å²) >= 11 is 12.2. The van der Waals surface area contributed by atoms with E-state index >= 15 is 0 Å². The Morgan fingerprint density at radius 1 is 1.19 bits per heavy atom. The largest absolute Gasteiger partial charge is 0.305 e. The molecule has 1 aliphatic heterocycles. The minimum absolute atomic E-state index is 0.159. The van der Waals surface area contributed by atoms with Gasteiger partial charge in [-0.05, 0) is 30.3 Å². The summed E-state index contributed by atoms with van der Waals surface area (Å²) in [5.74, 6) is -1.69. The normalized spacial score (nSPS) is 27.5. The molecule has 1 aromatic carbocycles. The van der Waals surface area contributed by atoms with Crippen molar-refractivity contribution >= 4 is 28.9 Å². The van der Waals surface area contributed by atoms with Crippen LogP contribution < -0.4 is 0 Å². The van der Waals surface area contributed by atoms with Gasteiger partial charge in [-0.25, -0.2) is 0 Å². The number of fused-ring (bicyclic) bond motifs is 1. The van der Waals surface area contributed by atoms with E-state index in [1.165, 1.54) is 0 Å². The van der Waals surface area contributed by atoms with E-state index in [2.05, 4.69) is 23.1 Å². The number of nitrogens with one attached hydrogen (secondary N) is 1. The molecular formula is C19H15Cl2N5. The van der Waals surface area contributed by atoms with E-state index in [4.69, 9.17) is 28.6 Å². The average Bonchev–Trinajstić information content (AvgIpc) is 2.63. The molecule has 1 fully saturated rings. The fraction of sp³-hybridized carbons (Fsp3) is 0.368. The van der Waals surface area contributed by atoms with Gasteiger partial charge in [0, 0.05) is 24.9 Å². The van der Waals surface area contributed by atoms with E-state index in [0.717, 1.165) is 5.57 Å². The molecule has 0 spiro atoms. The molecule has 130 valence electrons. The summed E-state index contributed by atoms with van der Waals surface area (Å²) in [5, 5.41) is 38.7. The Balaban J connectivity index is 2.28. The second kappa shape index (κ2) is 6.75. The first-order chi connectivity index (χ1) is 12.4. The van der Waals surface area contributed by atoms with Gasteiger partial charge in [0.25, 0.3) is 0 Å². The van der Waals surface area contributed by atoms with Crippen LogP contribution in [0.15, 0.2) is 29.8 Å². The second-order valence-electron chi connectivity index (χ2n) is 6.69. The Morgan fingerprint density at radius 2 is 1.88 bits per heavy atom. The number of rotatable bonds is 1. The lowest BCUT2D eigenvalue weighted by Gasteiger charge is -2.47. The zero-order valence-electron chi connectivity index (χ0n) is 14.0. The molecule has 26 heavy (non-hydrogen) atoms. The molecule has 1 saturated carbocycles. The fourth-order valence-corrected chi connectivity index (χ4v) is 4.34. The van der Waals surface area contributed by atoms with Crippen LogP contribution in [-0.2, 0) is 0 Å². The molecule has 3 rings (SSSR count). The Kier molecular flexibility index (Phi) is 4.78. The number of likely N-dealkylation sites (N-methyl/N-ethyl adjacent to an activating group) is 1. The molecule has 1 aliphatic carbocycles. The van der Waals surface area contributed by atoms with E-state index in [1.54, 1.807) is 18.2 Å². The van der Waals surface area contributed by atoms with E-state index in [0.29, 0.717) is 28.7 Å². The smallest absolute Gasteiger partial charge is 0.189 e. The van der Waals surface area contributed by atoms with Crippen LogP contribution in [0.25, 0.3) is 0 Å². The van der Waals surface area contributed by atoms with Crippen LogP contribution in [0.4, 0.5) is 0 Å². The topological polar surface area (TPSA) is 98.5 Å². The molecule has 0 radical (unpaired) electrons. The lowest BCUT2D eigenvalue weighted by atomic mass is 9.54. The molecule has 0 aromatic heterocycles. The van der Waals surface area contributed by atoms with Gasteiger partial charge in [0.05, 0.1) is 34.0 Å². The van der Waals surface area contributed by atoms with Crippen molar-refractivity contribution in [1.29, 1.82) is 21.2 Å². The van der Waals surface area contributed by atoms with Gasteiger partial charge in [0.15, 0.2) is 5.41 Å². The third-order valence-corrected chi connectivity index (χ3v) is 6.01. The van der Waals surface area contributed by atoms with Crippen LogP contribution >= 0.6 is 23.2 Å². The molecule has 1 aromatic rings. The monoisotopic (exact) mass is 383 g/mol. The summed E-state index contributed by atoms with van der Waals surface area (Å²) in [7, 11) is 1.95. The zero-order chi connectivity index (χ0) is 19.1. The molecule has 0 bridgehead atoms. The van der Waals surface area contributed by atoms with Crippen molar-refractivity contribution in [3.8, 4) is 18.2 Å². The van der Waals surface area contributed by atoms with E-state index in [-0.39, 0.29) is 11.6 Å². The first kappa shape index (κ1) is 18.4. The van der Waals surface area contributed by atoms with E-state index in [1.807, 2.05) is 13.1 Å². The summed E-state index contributed by atoms with van der Waals surface area (Å²) in [5.41, 5.74) is -0.395. The summed E-state index contributed by atoms with van der Waals surface area (Å²) in [4.78, 5) is 2.07. The van der Waals surface area contributed by atoms with Gasteiger partial charge in [0.1, 0.15) is 5.92 Å². The van der Waals surface area contributed by atoms with Crippen LogP contribution in [0.3, 0.4) is 0 Å². The number of nitrogens with zero attached hydrogens (tertiary/aromatic N) is 4. The van der Waals surface area contributed by atoms with Gasteiger partial charge >= 0.3 is 0 Å².